The fourth-order valence-corrected chi connectivity index (χ4v) is 3.52. The van der Waals surface area contributed by atoms with Crippen LogP contribution in [-0.4, -0.2) is 25.6 Å². The van der Waals surface area contributed by atoms with Gasteiger partial charge in [0.1, 0.15) is 5.69 Å². The van der Waals surface area contributed by atoms with Crippen molar-refractivity contribution in [3.63, 3.8) is 0 Å². The van der Waals surface area contributed by atoms with Crippen molar-refractivity contribution in [2.45, 2.75) is 24.5 Å². The minimum atomic E-state index is -4.54. The highest BCUT2D eigenvalue weighted by molar-refractivity contribution is 7.90. The largest absolute Gasteiger partial charge is 0.433 e. The molecule has 1 amide bonds. The molecule has 0 bridgehead atoms. The molecule has 9 heteroatoms. The van der Waals surface area contributed by atoms with Crippen molar-refractivity contribution >= 4 is 15.7 Å². The van der Waals surface area contributed by atoms with Crippen LogP contribution in [0.5, 0.6) is 0 Å². The molecule has 3 rings (SSSR count). The predicted octanol–water partition coefficient (Wildman–Crippen LogP) is 4.41. The Morgan fingerprint density at radius 2 is 1.68 bits per heavy atom. The minimum absolute atomic E-state index is 0.00748. The van der Waals surface area contributed by atoms with Gasteiger partial charge in [-0.15, -0.1) is 0 Å². The van der Waals surface area contributed by atoms with E-state index in [9.17, 15) is 26.4 Å². The lowest BCUT2D eigenvalue weighted by Crippen LogP contribution is -2.23. The Balaban J connectivity index is 1.86. The van der Waals surface area contributed by atoms with E-state index >= 15 is 0 Å². The Morgan fingerprint density at radius 1 is 1.00 bits per heavy atom. The molecule has 1 heterocycles. The normalized spacial score (nSPS) is 11.9. The fraction of sp³-hybridized carbons (Fsp3) is 0.182. The zero-order chi connectivity index (χ0) is 22.8. The predicted molar refractivity (Wildman–Crippen MR) is 110 cm³/mol. The van der Waals surface area contributed by atoms with Crippen LogP contribution in [0.15, 0.2) is 65.7 Å². The number of aryl methyl sites for hydroxylation is 1. The number of hydrogen-bond donors (Lipinski definition) is 1. The lowest BCUT2D eigenvalue weighted by molar-refractivity contribution is -0.141. The van der Waals surface area contributed by atoms with Crippen LogP contribution in [0.4, 0.5) is 13.2 Å². The fourth-order valence-electron chi connectivity index (χ4n) is 2.84. The first kappa shape index (κ1) is 22.5. The molecule has 0 aliphatic rings. The average Bonchev–Trinajstić information content (AvgIpc) is 2.71. The Hall–Kier alpha value is -3.20. The van der Waals surface area contributed by atoms with Crippen LogP contribution in [0.2, 0.25) is 0 Å². The van der Waals surface area contributed by atoms with Crippen LogP contribution in [0.25, 0.3) is 11.1 Å². The highest BCUT2D eigenvalue weighted by atomic mass is 32.2. The van der Waals surface area contributed by atoms with Crippen molar-refractivity contribution in [2.75, 3.05) is 6.26 Å². The number of hydrogen-bond acceptors (Lipinski definition) is 4. The second kappa shape index (κ2) is 8.50. The minimum Gasteiger partial charge on any atom is -0.348 e. The summed E-state index contributed by atoms with van der Waals surface area (Å²) in [5.74, 6) is -0.557. The summed E-state index contributed by atoms with van der Waals surface area (Å²) in [7, 11) is -3.58. The lowest BCUT2D eigenvalue weighted by Gasteiger charge is -2.11. The van der Waals surface area contributed by atoms with E-state index in [1.54, 1.807) is 6.07 Å². The number of benzene rings is 2. The van der Waals surface area contributed by atoms with Gasteiger partial charge in [-0.2, -0.15) is 13.2 Å². The molecule has 0 aliphatic heterocycles. The van der Waals surface area contributed by atoms with Gasteiger partial charge in [0.25, 0.3) is 5.91 Å². The van der Waals surface area contributed by atoms with Crippen LogP contribution < -0.4 is 5.32 Å². The number of nitrogens with zero attached hydrogens (tertiary/aromatic N) is 1. The number of amides is 1. The van der Waals surface area contributed by atoms with Crippen LogP contribution >= 0.6 is 0 Å². The summed E-state index contributed by atoms with van der Waals surface area (Å²) in [4.78, 5) is 16.0. The molecule has 0 atom stereocenters. The van der Waals surface area contributed by atoms with E-state index in [1.165, 1.54) is 18.2 Å². The van der Waals surface area contributed by atoms with Gasteiger partial charge in [0.15, 0.2) is 9.84 Å². The first-order valence-electron chi connectivity index (χ1n) is 9.16. The van der Waals surface area contributed by atoms with Crippen molar-refractivity contribution in [2.24, 2.45) is 0 Å². The van der Waals surface area contributed by atoms with Gasteiger partial charge in [0, 0.05) is 24.6 Å². The summed E-state index contributed by atoms with van der Waals surface area (Å²) in [5, 5.41) is 2.58. The van der Waals surface area contributed by atoms with Gasteiger partial charge in [-0.3, -0.25) is 9.78 Å². The molecule has 2 aromatic carbocycles. The monoisotopic (exact) mass is 448 g/mol. The van der Waals surface area contributed by atoms with Crippen LogP contribution in [0, 0.1) is 6.92 Å². The van der Waals surface area contributed by atoms with E-state index in [0.29, 0.717) is 11.1 Å². The van der Waals surface area contributed by atoms with Crippen LogP contribution in [0.3, 0.4) is 0 Å². The van der Waals surface area contributed by atoms with Crippen LogP contribution in [0.1, 0.15) is 27.2 Å². The second-order valence-corrected chi connectivity index (χ2v) is 9.13. The van der Waals surface area contributed by atoms with Gasteiger partial charge in [0.05, 0.1) is 4.90 Å². The van der Waals surface area contributed by atoms with Gasteiger partial charge in [-0.25, -0.2) is 8.42 Å². The molecule has 0 aliphatic carbocycles. The van der Waals surface area contributed by atoms with E-state index in [1.807, 2.05) is 31.2 Å². The Morgan fingerprint density at radius 3 is 2.23 bits per heavy atom. The molecule has 31 heavy (non-hydrogen) atoms. The average molecular weight is 448 g/mol. The molecule has 1 N–H and O–H groups in total. The van der Waals surface area contributed by atoms with E-state index in [2.05, 4.69) is 10.3 Å². The van der Waals surface area contributed by atoms with Gasteiger partial charge in [-0.05, 0) is 47.9 Å². The number of carbonyl (C=O) groups is 1. The lowest BCUT2D eigenvalue weighted by atomic mass is 10.0. The maximum Gasteiger partial charge on any atom is 0.433 e. The molecule has 162 valence electrons. The summed E-state index contributed by atoms with van der Waals surface area (Å²) in [6.07, 6.45) is -2.45. The SMILES string of the molecule is Cc1ccc(-c2cc(C(=O)NCc3ccc(C(F)(F)F)nc3)cc(S(C)(=O)=O)c2)cc1. The molecule has 0 fully saturated rings. The van der Waals surface area contributed by atoms with Gasteiger partial charge < -0.3 is 5.32 Å². The van der Waals surface area contributed by atoms with Crippen molar-refractivity contribution in [3.05, 3.63) is 83.2 Å². The third-order valence-corrected chi connectivity index (χ3v) is 5.64. The van der Waals surface area contributed by atoms with E-state index in [0.717, 1.165) is 29.6 Å². The molecule has 0 unspecified atom stereocenters. The summed E-state index contributed by atoms with van der Waals surface area (Å²) in [5.41, 5.74) is 1.82. The van der Waals surface area contributed by atoms with Crippen LogP contribution in [-0.2, 0) is 22.6 Å². The van der Waals surface area contributed by atoms with Gasteiger partial charge in [0.2, 0.25) is 0 Å². The third-order valence-electron chi connectivity index (χ3n) is 4.55. The molecule has 5 nitrogen and oxygen atoms in total. The molecule has 1 aromatic heterocycles. The van der Waals surface area contributed by atoms with Crippen molar-refractivity contribution in [1.29, 1.82) is 0 Å². The second-order valence-electron chi connectivity index (χ2n) is 7.12. The number of pyridine rings is 1. The summed E-state index contributed by atoms with van der Waals surface area (Å²) >= 11 is 0. The summed E-state index contributed by atoms with van der Waals surface area (Å²) in [6.45, 7) is 1.86. The topological polar surface area (TPSA) is 76.1 Å². The smallest absolute Gasteiger partial charge is 0.348 e. The number of carbonyl (C=O) groups excluding carboxylic acids is 1. The maximum atomic E-state index is 12.7. The Labute approximate surface area is 177 Å². The molecule has 0 radical (unpaired) electrons. The Kier molecular flexibility index (Phi) is 6.17. The maximum absolute atomic E-state index is 12.7. The summed E-state index contributed by atoms with van der Waals surface area (Å²) < 4.78 is 62.0. The first-order valence-corrected chi connectivity index (χ1v) is 11.0. The number of aromatic nitrogens is 1. The van der Waals surface area contributed by atoms with Crippen molar-refractivity contribution < 1.29 is 26.4 Å². The molecule has 3 aromatic rings. The van der Waals surface area contributed by atoms with E-state index < -0.39 is 27.6 Å². The number of nitrogens with one attached hydrogen (secondary N) is 1. The zero-order valence-corrected chi connectivity index (χ0v) is 17.5. The van der Waals surface area contributed by atoms with Gasteiger partial charge >= 0.3 is 6.18 Å². The Bertz CT molecular complexity index is 1200. The number of alkyl halides is 3. The van der Waals surface area contributed by atoms with Crippen molar-refractivity contribution in [3.8, 4) is 11.1 Å². The van der Waals surface area contributed by atoms with E-state index in [-0.39, 0.29) is 17.0 Å². The molecule has 0 saturated heterocycles. The molecule has 0 spiro atoms. The molecular weight excluding hydrogens is 429 g/mol. The van der Waals surface area contributed by atoms with E-state index in [4.69, 9.17) is 0 Å². The third kappa shape index (κ3) is 5.69. The number of rotatable bonds is 5. The highest BCUT2D eigenvalue weighted by Gasteiger charge is 2.32. The molecular formula is C22H19F3N2O3S. The number of sulfone groups is 1. The summed E-state index contributed by atoms with van der Waals surface area (Å²) in [6, 6.07) is 13.8. The highest BCUT2D eigenvalue weighted by Crippen LogP contribution is 2.27. The number of halogens is 3. The van der Waals surface area contributed by atoms with Gasteiger partial charge in [-0.1, -0.05) is 35.9 Å². The quantitative estimate of drug-likeness (QED) is 0.627. The van der Waals surface area contributed by atoms with Crippen molar-refractivity contribution in [1.82, 2.24) is 10.3 Å². The first-order chi connectivity index (χ1) is 14.4. The zero-order valence-electron chi connectivity index (χ0n) is 16.7. The molecule has 0 saturated carbocycles. The standard InChI is InChI=1S/C22H19F3N2O3S/c1-14-3-6-16(7-4-14)17-9-18(11-19(10-17)31(2,29)30)21(28)27-13-15-5-8-20(26-12-15)22(23,24)25/h3-12H,13H2,1-2H3,(H,27,28).